The second kappa shape index (κ2) is 4.58. The van der Waals surface area contributed by atoms with Crippen molar-refractivity contribution in [1.82, 2.24) is 0 Å². The molecule has 0 aliphatic heterocycles. The number of rotatable bonds is 3. The zero-order valence-electron chi connectivity index (χ0n) is 6.90. The Morgan fingerprint density at radius 2 is 2.00 bits per heavy atom. The first-order valence-electron chi connectivity index (χ1n) is 3.82. The summed E-state index contributed by atoms with van der Waals surface area (Å²) in [5, 5.41) is 8.46. The fourth-order valence-corrected chi connectivity index (χ4v) is 1.36. The van der Waals surface area contributed by atoms with E-state index in [4.69, 9.17) is 5.11 Å². The third-order valence-electron chi connectivity index (χ3n) is 1.67. The predicted octanol–water partition coefficient (Wildman–Crippen LogP) is 2.28. The molecular weight excluding hydrogens is 204 g/mol. The van der Waals surface area contributed by atoms with E-state index in [2.05, 4.69) is 25.3 Å². The third kappa shape index (κ3) is 3.32. The largest absolute Gasteiger partial charge is 0.481 e. The number of thiol groups is 2. The van der Waals surface area contributed by atoms with Gasteiger partial charge in [-0.15, -0.1) is 25.3 Å². The van der Waals surface area contributed by atoms with Gasteiger partial charge in [-0.05, 0) is 24.1 Å². The van der Waals surface area contributed by atoms with Crippen LogP contribution >= 0.6 is 25.3 Å². The average Bonchev–Trinajstić information content (AvgIpc) is 2.07. The van der Waals surface area contributed by atoms with E-state index in [9.17, 15) is 4.79 Å². The van der Waals surface area contributed by atoms with Gasteiger partial charge < -0.3 is 5.11 Å². The molecule has 0 amide bonds. The normalized spacial score (nSPS) is 10.0. The van der Waals surface area contributed by atoms with Gasteiger partial charge in [0.2, 0.25) is 0 Å². The van der Waals surface area contributed by atoms with Crippen molar-refractivity contribution in [2.45, 2.75) is 22.6 Å². The summed E-state index contributed by atoms with van der Waals surface area (Å²) in [5.74, 6) is -0.782. The Bertz CT molecular complexity index is 323. The molecule has 0 atom stereocenters. The number of carbonyl (C=O) groups is 1. The Balaban J connectivity index is 2.68. The number of aryl methyl sites for hydroxylation is 1. The highest BCUT2D eigenvalue weighted by molar-refractivity contribution is 7.83. The molecule has 2 nitrogen and oxygen atoms in total. The maximum atomic E-state index is 10.3. The van der Waals surface area contributed by atoms with E-state index in [0.717, 1.165) is 15.4 Å². The van der Waals surface area contributed by atoms with Crippen LogP contribution in [0.25, 0.3) is 0 Å². The molecule has 0 bridgehead atoms. The average molecular weight is 214 g/mol. The van der Waals surface area contributed by atoms with Crippen molar-refractivity contribution < 1.29 is 9.90 Å². The molecule has 1 rings (SSSR count). The molecule has 1 N–H and O–H groups in total. The summed E-state index contributed by atoms with van der Waals surface area (Å²) in [7, 11) is 0. The second-order valence-electron chi connectivity index (χ2n) is 2.72. The zero-order chi connectivity index (χ0) is 9.84. The van der Waals surface area contributed by atoms with E-state index in [1.807, 2.05) is 18.2 Å². The summed E-state index contributed by atoms with van der Waals surface area (Å²) in [4.78, 5) is 11.9. The van der Waals surface area contributed by atoms with Crippen LogP contribution in [0.3, 0.4) is 0 Å². The molecule has 0 heterocycles. The monoisotopic (exact) mass is 214 g/mol. The molecule has 0 saturated carbocycles. The first kappa shape index (κ1) is 10.5. The minimum Gasteiger partial charge on any atom is -0.481 e. The van der Waals surface area contributed by atoms with E-state index in [1.165, 1.54) is 0 Å². The SMILES string of the molecule is O=C(O)CCc1ccc(S)c(S)c1. The van der Waals surface area contributed by atoms with Crippen LogP contribution in [0, 0.1) is 0 Å². The summed E-state index contributed by atoms with van der Waals surface area (Å²) in [6.45, 7) is 0. The highest BCUT2D eigenvalue weighted by Crippen LogP contribution is 2.19. The fraction of sp³-hybridized carbons (Fsp3) is 0.222. The standard InChI is InChI=1S/C9H10O2S2/c10-9(11)4-2-6-1-3-7(12)8(13)5-6/h1,3,5,12-13H,2,4H2,(H,10,11). The number of carboxylic acid groups (broad SMARTS) is 1. The van der Waals surface area contributed by atoms with E-state index < -0.39 is 5.97 Å². The predicted molar refractivity (Wildman–Crippen MR) is 56.9 cm³/mol. The van der Waals surface area contributed by atoms with E-state index >= 15 is 0 Å². The van der Waals surface area contributed by atoms with Gasteiger partial charge in [0.05, 0.1) is 0 Å². The van der Waals surface area contributed by atoms with Crippen LogP contribution in [0.4, 0.5) is 0 Å². The van der Waals surface area contributed by atoms with Crippen molar-refractivity contribution in [2.24, 2.45) is 0 Å². The van der Waals surface area contributed by atoms with Gasteiger partial charge in [-0.25, -0.2) is 0 Å². The highest BCUT2D eigenvalue weighted by atomic mass is 32.1. The zero-order valence-corrected chi connectivity index (χ0v) is 8.69. The quantitative estimate of drug-likeness (QED) is 0.675. The first-order valence-corrected chi connectivity index (χ1v) is 4.71. The molecule has 0 fully saturated rings. The lowest BCUT2D eigenvalue weighted by atomic mass is 10.1. The van der Waals surface area contributed by atoms with Crippen LogP contribution < -0.4 is 0 Å². The van der Waals surface area contributed by atoms with Gasteiger partial charge in [-0.1, -0.05) is 6.07 Å². The molecule has 0 radical (unpaired) electrons. The van der Waals surface area contributed by atoms with Gasteiger partial charge in [0, 0.05) is 16.2 Å². The molecule has 1 aromatic carbocycles. The summed E-state index contributed by atoms with van der Waals surface area (Å²) in [5.41, 5.74) is 0.977. The Kier molecular flexibility index (Phi) is 3.69. The van der Waals surface area contributed by atoms with Crippen LogP contribution in [0.15, 0.2) is 28.0 Å². The van der Waals surface area contributed by atoms with Crippen LogP contribution in [-0.4, -0.2) is 11.1 Å². The smallest absolute Gasteiger partial charge is 0.303 e. The lowest BCUT2D eigenvalue weighted by Gasteiger charge is -2.01. The molecular formula is C9H10O2S2. The molecule has 0 aliphatic rings. The molecule has 4 heteroatoms. The molecule has 0 unspecified atom stereocenters. The topological polar surface area (TPSA) is 37.3 Å². The Morgan fingerprint density at radius 3 is 2.54 bits per heavy atom. The highest BCUT2D eigenvalue weighted by Gasteiger charge is 2.00. The number of hydrogen-bond acceptors (Lipinski definition) is 3. The van der Waals surface area contributed by atoms with Gasteiger partial charge in [-0.3, -0.25) is 4.79 Å². The minimum atomic E-state index is -0.782. The van der Waals surface area contributed by atoms with Gasteiger partial charge in [0.15, 0.2) is 0 Å². The van der Waals surface area contributed by atoms with Gasteiger partial charge in [0.1, 0.15) is 0 Å². The lowest BCUT2D eigenvalue weighted by molar-refractivity contribution is -0.136. The maximum Gasteiger partial charge on any atom is 0.303 e. The van der Waals surface area contributed by atoms with Gasteiger partial charge >= 0.3 is 5.97 Å². The number of aliphatic carboxylic acids is 1. The molecule has 0 aliphatic carbocycles. The van der Waals surface area contributed by atoms with Crippen molar-refractivity contribution in [1.29, 1.82) is 0 Å². The van der Waals surface area contributed by atoms with Crippen LogP contribution in [0.2, 0.25) is 0 Å². The summed E-state index contributed by atoms with van der Waals surface area (Å²) >= 11 is 8.35. The first-order chi connectivity index (χ1) is 6.09. The molecule has 0 aromatic heterocycles. The minimum absolute atomic E-state index is 0.152. The Hall–Kier alpha value is -0.610. The summed E-state index contributed by atoms with van der Waals surface area (Å²) in [6, 6.07) is 5.53. The van der Waals surface area contributed by atoms with E-state index in [1.54, 1.807) is 0 Å². The van der Waals surface area contributed by atoms with E-state index in [0.29, 0.717) is 6.42 Å². The number of benzene rings is 1. The van der Waals surface area contributed by atoms with Gasteiger partial charge in [-0.2, -0.15) is 0 Å². The summed E-state index contributed by atoms with van der Waals surface area (Å²) < 4.78 is 0. The summed E-state index contributed by atoms with van der Waals surface area (Å²) in [6.07, 6.45) is 0.691. The van der Waals surface area contributed by atoms with Crippen molar-refractivity contribution in [3.63, 3.8) is 0 Å². The molecule has 13 heavy (non-hydrogen) atoms. The lowest BCUT2D eigenvalue weighted by Crippen LogP contribution is -1.97. The van der Waals surface area contributed by atoms with Crippen molar-refractivity contribution in [2.75, 3.05) is 0 Å². The molecule has 0 spiro atoms. The molecule has 0 saturated heterocycles. The van der Waals surface area contributed by atoms with Crippen LogP contribution in [0.5, 0.6) is 0 Å². The van der Waals surface area contributed by atoms with Crippen molar-refractivity contribution >= 4 is 31.2 Å². The third-order valence-corrected chi connectivity index (χ3v) is 2.60. The van der Waals surface area contributed by atoms with Crippen molar-refractivity contribution in [3.8, 4) is 0 Å². The molecule has 70 valence electrons. The van der Waals surface area contributed by atoms with Crippen LogP contribution in [-0.2, 0) is 11.2 Å². The number of carboxylic acids is 1. The Morgan fingerprint density at radius 1 is 1.31 bits per heavy atom. The molecule has 1 aromatic rings. The van der Waals surface area contributed by atoms with Crippen molar-refractivity contribution in [3.05, 3.63) is 23.8 Å². The van der Waals surface area contributed by atoms with Crippen LogP contribution in [0.1, 0.15) is 12.0 Å². The maximum absolute atomic E-state index is 10.3. The fourth-order valence-electron chi connectivity index (χ4n) is 0.976. The Labute approximate surface area is 87.8 Å². The van der Waals surface area contributed by atoms with Gasteiger partial charge in [0.25, 0.3) is 0 Å². The van der Waals surface area contributed by atoms with E-state index in [-0.39, 0.29) is 6.42 Å². The number of hydrogen-bond donors (Lipinski definition) is 3. The second-order valence-corrected chi connectivity index (χ2v) is 3.68.